The van der Waals surface area contributed by atoms with Gasteiger partial charge in [-0.05, 0) is 31.1 Å². The minimum atomic E-state index is -0.482. The predicted molar refractivity (Wildman–Crippen MR) is 148 cm³/mol. The summed E-state index contributed by atoms with van der Waals surface area (Å²) in [7, 11) is 1.66. The summed E-state index contributed by atoms with van der Waals surface area (Å²) in [4.78, 5) is 33.0. The summed E-state index contributed by atoms with van der Waals surface area (Å²) in [6.07, 6.45) is 6.84. The molecule has 194 valence electrons. The molecule has 1 aromatic carbocycles. The topological polar surface area (TPSA) is 132 Å². The molecule has 1 saturated heterocycles. The summed E-state index contributed by atoms with van der Waals surface area (Å²) in [6, 6.07) is 3.10. The van der Waals surface area contributed by atoms with E-state index in [0.717, 1.165) is 25.9 Å². The van der Waals surface area contributed by atoms with Crippen molar-refractivity contribution in [1.29, 1.82) is 5.41 Å². The Morgan fingerprint density at radius 2 is 1.86 bits per heavy atom. The van der Waals surface area contributed by atoms with Crippen LogP contribution >= 0.6 is 23.2 Å². The Labute approximate surface area is 225 Å². The molecule has 2 aromatic heterocycles. The van der Waals surface area contributed by atoms with Crippen LogP contribution in [0.5, 0.6) is 0 Å². The lowest BCUT2D eigenvalue weighted by molar-refractivity contribution is 0.0964. The SMILES string of the molecule is CN/C(=C\C(=N)C(C)(C)C)NC(=O)c1cc(Cl)cc(Nc2ncnc3cnc(N4CCCC4)nc23)c1Cl. The molecule has 0 unspecified atom stereocenters. The average molecular weight is 542 g/mol. The first kappa shape index (κ1) is 26.6. The highest BCUT2D eigenvalue weighted by Gasteiger charge is 2.21. The zero-order chi connectivity index (χ0) is 26.7. The molecule has 12 heteroatoms. The zero-order valence-corrected chi connectivity index (χ0v) is 22.6. The molecule has 1 aliphatic rings. The van der Waals surface area contributed by atoms with Gasteiger partial charge in [-0.25, -0.2) is 19.9 Å². The lowest BCUT2D eigenvalue weighted by Gasteiger charge is -2.19. The van der Waals surface area contributed by atoms with Gasteiger partial charge in [-0.1, -0.05) is 44.0 Å². The molecule has 0 saturated carbocycles. The van der Waals surface area contributed by atoms with Crippen LogP contribution in [0.25, 0.3) is 11.0 Å². The Balaban J connectivity index is 1.65. The number of hydrogen-bond donors (Lipinski definition) is 4. The Bertz CT molecular complexity index is 1380. The van der Waals surface area contributed by atoms with E-state index in [1.807, 2.05) is 20.8 Å². The van der Waals surface area contributed by atoms with E-state index in [1.165, 1.54) is 12.4 Å². The number of halogens is 2. The van der Waals surface area contributed by atoms with Crippen molar-refractivity contribution >= 4 is 63.3 Å². The summed E-state index contributed by atoms with van der Waals surface area (Å²) in [5, 5.41) is 17.5. The van der Waals surface area contributed by atoms with Crippen LogP contribution in [0.1, 0.15) is 44.0 Å². The second-order valence-electron chi connectivity index (χ2n) is 9.69. The number of fused-ring (bicyclic) bond motifs is 1. The number of hydrogen-bond acceptors (Lipinski definition) is 9. The standard InChI is InChI=1S/C25H29Cl2N9O/c1-25(2,3)18(28)11-19(29-4)34-23(37)15-9-14(26)10-16(20(15)27)33-22-21-17(31-13-32-22)12-30-24(35-21)36-7-5-6-8-36/h9-13,28-29H,5-8H2,1-4H3,(H,34,37)(H,31,32,33)/b19-11+,28-18?. The Morgan fingerprint density at radius 1 is 1.14 bits per heavy atom. The minimum absolute atomic E-state index is 0.156. The quantitative estimate of drug-likeness (QED) is 0.309. The van der Waals surface area contributed by atoms with Gasteiger partial charge in [-0.3, -0.25) is 4.79 Å². The van der Waals surface area contributed by atoms with E-state index < -0.39 is 5.91 Å². The maximum atomic E-state index is 13.1. The molecule has 0 radical (unpaired) electrons. The molecular weight excluding hydrogens is 513 g/mol. The summed E-state index contributed by atoms with van der Waals surface area (Å²) in [5.74, 6) is 0.914. The molecular formula is C25H29Cl2N9O. The van der Waals surface area contributed by atoms with Crippen molar-refractivity contribution in [2.75, 3.05) is 30.4 Å². The van der Waals surface area contributed by atoms with E-state index in [9.17, 15) is 4.79 Å². The van der Waals surface area contributed by atoms with Crippen LogP contribution in [0.3, 0.4) is 0 Å². The van der Waals surface area contributed by atoms with Crippen molar-refractivity contribution in [3.8, 4) is 0 Å². The average Bonchev–Trinajstić information content (AvgIpc) is 3.40. The van der Waals surface area contributed by atoms with Crippen molar-refractivity contribution in [2.45, 2.75) is 33.6 Å². The molecule has 3 heterocycles. The number of aromatic nitrogens is 4. The van der Waals surface area contributed by atoms with E-state index >= 15 is 0 Å². The number of rotatable bonds is 7. The fourth-order valence-corrected chi connectivity index (χ4v) is 4.16. The number of nitrogens with zero attached hydrogens (tertiary/aromatic N) is 5. The van der Waals surface area contributed by atoms with Gasteiger partial charge in [-0.15, -0.1) is 0 Å². The summed E-state index contributed by atoms with van der Waals surface area (Å²) in [6.45, 7) is 7.56. The number of anilines is 3. The van der Waals surface area contributed by atoms with Gasteiger partial charge < -0.3 is 26.3 Å². The highest BCUT2D eigenvalue weighted by Crippen LogP contribution is 2.33. The van der Waals surface area contributed by atoms with Gasteiger partial charge in [0, 0.05) is 36.3 Å². The second kappa shape index (κ2) is 10.9. The van der Waals surface area contributed by atoms with Gasteiger partial charge in [0.25, 0.3) is 5.91 Å². The molecule has 10 nitrogen and oxygen atoms in total. The van der Waals surface area contributed by atoms with Crippen LogP contribution in [0.2, 0.25) is 10.0 Å². The van der Waals surface area contributed by atoms with Gasteiger partial charge in [0.1, 0.15) is 23.2 Å². The van der Waals surface area contributed by atoms with Crippen LogP contribution in [0.4, 0.5) is 17.5 Å². The molecule has 0 bridgehead atoms. The number of carbonyl (C=O) groups excluding carboxylic acids is 1. The normalized spacial score (nSPS) is 14.1. The molecule has 3 aromatic rings. The summed E-state index contributed by atoms with van der Waals surface area (Å²) < 4.78 is 0. The summed E-state index contributed by atoms with van der Waals surface area (Å²) >= 11 is 13.0. The highest BCUT2D eigenvalue weighted by atomic mass is 35.5. The van der Waals surface area contributed by atoms with Gasteiger partial charge in [-0.2, -0.15) is 0 Å². The lowest BCUT2D eigenvalue weighted by atomic mass is 9.90. The monoisotopic (exact) mass is 541 g/mol. The molecule has 1 fully saturated rings. The Hall–Kier alpha value is -3.50. The molecule has 4 N–H and O–H groups in total. The van der Waals surface area contributed by atoms with Gasteiger partial charge in [0.15, 0.2) is 5.82 Å². The van der Waals surface area contributed by atoms with Crippen molar-refractivity contribution in [3.63, 3.8) is 0 Å². The second-order valence-corrected chi connectivity index (χ2v) is 10.5. The third-order valence-electron chi connectivity index (χ3n) is 5.90. The largest absolute Gasteiger partial charge is 0.375 e. The smallest absolute Gasteiger partial charge is 0.258 e. The fourth-order valence-electron chi connectivity index (χ4n) is 3.70. The van der Waals surface area contributed by atoms with E-state index in [2.05, 4.69) is 35.8 Å². The van der Waals surface area contributed by atoms with Crippen molar-refractivity contribution < 1.29 is 4.79 Å². The van der Waals surface area contributed by atoms with Gasteiger partial charge in [0.05, 0.1) is 22.5 Å². The first-order chi connectivity index (χ1) is 17.6. The maximum absolute atomic E-state index is 13.1. The van der Waals surface area contributed by atoms with Crippen LogP contribution in [-0.2, 0) is 0 Å². The molecule has 1 aliphatic heterocycles. The first-order valence-corrected chi connectivity index (χ1v) is 12.6. The number of nitrogens with one attached hydrogen (secondary N) is 4. The predicted octanol–water partition coefficient (Wildman–Crippen LogP) is 4.93. The van der Waals surface area contributed by atoms with E-state index in [4.69, 9.17) is 33.6 Å². The van der Waals surface area contributed by atoms with Crippen molar-refractivity contribution in [3.05, 3.63) is 52.2 Å². The fraction of sp³-hybridized carbons (Fsp3) is 0.360. The van der Waals surface area contributed by atoms with Gasteiger partial charge in [0.2, 0.25) is 5.95 Å². The van der Waals surface area contributed by atoms with E-state index in [-0.39, 0.29) is 16.0 Å². The third kappa shape index (κ3) is 6.08. The van der Waals surface area contributed by atoms with E-state index in [0.29, 0.717) is 45.0 Å². The zero-order valence-electron chi connectivity index (χ0n) is 21.1. The minimum Gasteiger partial charge on any atom is -0.375 e. The maximum Gasteiger partial charge on any atom is 0.258 e. The van der Waals surface area contributed by atoms with Crippen molar-refractivity contribution in [2.24, 2.45) is 5.41 Å². The van der Waals surface area contributed by atoms with Crippen LogP contribution < -0.4 is 20.9 Å². The Kier molecular flexibility index (Phi) is 7.79. The number of benzene rings is 1. The third-order valence-corrected chi connectivity index (χ3v) is 6.53. The van der Waals surface area contributed by atoms with Crippen molar-refractivity contribution in [1.82, 2.24) is 30.6 Å². The molecule has 4 rings (SSSR count). The number of amides is 1. The van der Waals surface area contributed by atoms with Crippen LogP contribution in [0, 0.1) is 10.8 Å². The summed E-state index contributed by atoms with van der Waals surface area (Å²) in [5.41, 5.74) is 1.62. The number of allylic oxidation sites excluding steroid dienone is 1. The number of carbonyl (C=O) groups is 1. The molecule has 0 atom stereocenters. The lowest BCUT2D eigenvalue weighted by Crippen LogP contribution is -2.32. The first-order valence-electron chi connectivity index (χ1n) is 11.9. The van der Waals surface area contributed by atoms with Crippen LogP contribution in [0.15, 0.2) is 36.6 Å². The van der Waals surface area contributed by atoms with Gasteiger partial charge >= 0.3 is 0 Å². The molecule has 1 amide bonds. The molecule has 37 heavy (non-hydrogen) atoms. The highest BCUT2D eigenvalue weighted by molar-refractivity contribution is 6.38. The molecule has 0 aliphatic carbocycles. The molecule has 0 spiro atoms. The van der Waals surface area contributed by atoms with E-state index in [1.54, 1.807) is 25.4 Å². The Morgan fingerprint density at radius 3 is 2.54 bits per heavy atom. The van der Waals surface area contributed by atoms with Crippen LogP contribution in [-0.4, -0.2) is 51.7 Å².